The Morgan fingerprint density at radius 1 is 1.67 bits per heavy atom. The fourth-order valence-corrected chi connectivity index (χ4v) is 1.01. The van der Waals surface area contributed by atoms with E-state index in [1.165, 1.54) is 0 Å². The predicted octanol–water partition coefficient (Wildman–Crippen LogP) is 0.0966. The van der Waals surface area contributed by atoms with Crippen LogP contribution in [0.15, 0.2) is 0 Å². The maximum Gasteiger partial charge on any atom is 0.108 e. The van der Waals surface area contributed by atoms with Gasteiger partial charge in [-0.25, -0.2) is 0 Å². The molecule has 1 fully saturated rings. The normalized spacial score (nSPS) is 36.7. The minimum atomic E-state index is -0.108. The van der Waals surface area contributed by atoms with Crippen LogP contribution in [0.25, 0.3) is 0 Å². The molecule has 0 saturated carbocycles. The molecule has 0 bridgehead atoms. The molecule has 3 heteroatoms. The molecule has 1 aliphatic rings. The minimum Gasteiger partial charge on any atom is -0.381 e. The van der Waals surface area contributed by atoms with Gasteiger partial charge in [-0.3, -0.25) is 0 Å². The predicted molar refractivity (Wildman–Crippen MR) is 34.0 cm³/mol. The first-order valence-corrected chi connectivity index (χ1v) is 3.23. The van der Waals surface area contributed by atoms with Crippen molar-refractivity contribution in [3.8, 4) is 0 Å². The molecular weight excluding hydrogens is 118 g/mol. The molecule has 2 atom stereocenters. The van der Waals surface area contributed by atoms with Gasteiger partial charge in [-0.2, -0.15) is 0 Å². The van der Waals surface area contributed by atoms with Crippen molar-refractivity contribution in [2.45, 2.75) is 25.2 Å². The highest BCUT2D eigenvalue weighted by Gasteiger charge is 2.18. The van der Waals surface area contributed by atoms with Crippen LogP contribution in [0.1, 0.15) is 12.8 Å². The molecule has 1 rings (SSSR count). The van der Waals surface area contributed by atoms with Crippen LogP contribution in [-0.4, -0.2) is 26.0 Å². The second kappa shape index (κ2) is 3.15. The van der Waals surface area contributed by atoms with E-state index in [1.54, 1.807) is 7.11 Å². The van der Waals surface area contributed by atoms with Gasteiger partial charge >= 0.3 is 0 Å². The molecule has 2 unspecified atom stereocenters. The fourth-order valence-electron chi connectivity index (χ4n) is 1.01. The summed E-state index contributed by atoms with van der Waals surface area (Å²) in [5.41, 5.74) is 5.50. The van der Waals surface area contributed by atoms with Gasteiger partial charge in [0.1, 0.15) is 6.23 Å². The van der Waals surface area contributed by atoms with Crippen LogP contribution in [-0.2, 0) is 9.47 Å². The van der Waals surface area contributed by atoms with Gasteiger partial charge in [0.15, 0.2) is 0 Å². The molecular formula is C6H13NO2. The van der Waals surface area contributed by atoms with E-state index >= 15 is 0 Å². The number of hydrogen-bond acceptors (Lipinski definition) is 3. The molecule has 0 spiro atoms. The van der Waals surface area contributed by atoms with Crippen molar-refractivity contribution in [2.24, 2.45) is 5.73 Å². The highest BCUT2D eigenvalue weighted by atomic mass is 16.5. The first-order valence-electron chi connectivity index (χ1n) is 3.23. The Kier molecular flexibility index (Phi) is 2.45. The van der Waals surface area contributed by atoms with E-state index in [0.717, 1.165) is 19.4 Å². The van der Waals surface area contributed by atoms with Crippen LogP contribution in [0.2, 0.25) is 0 Å². The summed E-state index contributed by atoms with van der Waals surface area (Å²) in [7, 11) is 1.71. The molecule has 0 aromatic carbocycles. The molecule has 0 aromatic rings. The van der Waals surface area contributed by atoms with Crippen molar-refractivity contribution in [1.82, 2.24) is 0 Å². The quantitative estimate of drug-likeness (QED) is 0.548. The Morgan fingerprint density at radius 2 is 2.44 bits per heavy atom. The minimum absolute atomic E-state index is 0.108. The van der Waals surface area contributed by atoms with Crippen molar-refractivity contribution >= 4 is 0 Å². The second-order valence-corrected chi connectivity index (χ2v) is 2.29. The van der Waals surface area contributed by atoms with Crippen molar-refractivity contribution in [1.29, 1.82) is 0 Å². The summed E-state index contributed by atoms with van der Waals surface area (Å²) in [6.45, 7) is 0.736. The van der Waals surface area contributed by atoms with Crippen molar-refractivity contribution in [3.05, 3.63) is 0 Å². The van der Waals surface area contributed by atoms with Gasteiger partial charge in [0, 0.05) is 13.5 Å². The molecule has 0 aromatic heterocycles. The van der Waals surface area contributed by atoms with E-state index in [4.69, 9.17) is 15.2 Å². The molecule has 1 heterocycles. The zero-order valence-corrected chi connectivity index (χ0v) is 5.67. The first kappa shape index (κ1) is 6.99. The Morgan fingerprint density at radius 3 is 2.89 bits per heavy atom. The number of hydrogen-bond donors (Lipinski definition) is 1. The van der Waals surface area contributed by atoms with Gasteiger partial charge in [0.05, 0.1) is 12.7 Å². The standard InChI is InChI=1S/C6H13NO2/c1-8-5-2-3-9-6(7)4-5/h5-6H,2-4,7H2,1H3. The van der Waals surface area contributed by atoms with E-state index in [0.29, 0.717) is 6.10 Å². The summed E-state index contributed by atoms with van der Waals surface area (Å²) in [4.78, 5) is 0. The van der Waals surface area contributed by atoms with E-state index in [9.17, 15) is 0 Å². The van der Waals surface area contributed by atoms with Crippen molar-refractivity contribution < 1.29 is 9.47 Å². The Hall–Kier alpha value is -0.120. The topological polar surface area (TPSA) is 44.5 Å². The number of ether oxygens (including phenoxy) is 2. The van der Waals surface area contributed by atoms with Crippen molar-refractivity contribution in [2.75, 3.05) is 13.7 Å². The van der Waals surface area contributed by atoms with E-state index < -0.39 is 0 Å². The van der Waals surface area contributed by atoms with E-state index in [1.807, 2.05) is 0 Å². The lowest BCUT2D eigenvalue weighted by molar-refractivity contribution is -0.0553. The fraction of sp³-hybridized carbons (Fsp3) is 1.00. The Balaban J connectivity index is 2.23. The third-order valence-corrected chi connectivity index (χ3v) is 1.60. The average Bonchev–Trinajstić information content (AvgIpc) is 1.88. The lowest BCUT2D eigenvalue weighted by Crippen LogP contribution is -2.35. The largest absolute Gasteiger partial charge is 0.381 e. The lowest BCUT2D eigenvalue weighted by atomic mass is 10.1. The van der Waals surface area contributed by atoms with E-state index in [2.05, 4.69) is 0 Å². The van der Waals surface area contributed by atoms with Crippen LogP contribution >= 0.6 is 0 Å². The molecule has 1 saturated heterocycles. The summed E-state index contributed by atoms with van der Waals surface area (Å²) in [5, 5.41) is 0. The Labute approximate surface area is 55.1 Å². The van der Waals surface area contributed by atoms with Gasteiger partial charge in [-0.05, 0) is 6.42 Å². The number of rotatable bonds is 1. The SMILES string of the molecule is COC1CCOC(N)C1. The Bertz CT molecular complexity index is 87.1. The van der Waals surface area contributed by atoms with Gasteiger partial charge < -0.3 is 15.2 Å². The molecule has 0 amide bonds. The summed E-state index contributed by atoms with van der Waals surface area (Å²) in [5.74, 6) is 0. The maximum atomic E-state index is 5.50. The number of methoxy groups -OCH3 is 1. The lowest BCUT2D eigenvalue weighted by Gasteiger charge is -2.25. The third kappa shape index (κ3) is 1.93. The monoisotopic (exact) mass is 131 g/mol. The summed E-state index contributed by atoms with van der Waals surface area (Å²) in [6.07, 6.45) is 2.01. The zero-order valence-electron chi connectivity index (χ0n) is 5.67. The van der Waals surface area contributed by atoms with Crippen LogP contribution in [0.3, 0.4) is 0 Å². The molecule has 2 N–H and O–H groups in total. The van der Waals surface area contributed by atoms with Crippen LogP contribution in [0.5, 0.6) is 0 Å². The van der Waals surface area contributed by atoms with Gasteiger partial charge in [0.25, 0.3) is 0 Å². The summed E-state index contributed by atoms with van der Waals surface area (Å²) < 4.78 is 10.2. The highest BCUT2D eigenvalue weighted by Crippen LogP contribution is 2.11. The average molecular weight is 131 g/mol. The second-order valence-electron chi connectivity index (χ2n) is 2.29. The van der Waals surface area contributed by atoms with Gasteiger partial charge in [-0.1, -0.05) is 0 Å². The molecule has 1 aliphatic heterocycles. The summed E-state index contributed by atoms with van der Waals surface area (Å²) in [6, 6.07) is 0. The first-order chi connectivity index (χ1) is 4.33. The van der Waals surface area contributed by atoms with Crippen molar-refractivity contribution in [3.63, 3.8) is 0 Å². The maximum absolute atomic E-state index is 5.50. The molecule has 3 nitrogen and oxygen atoms in total. The number of nitrogens with two attached hydrogens (primary N) is 1. The zero-order chi connectivity index (χ0) is 6.69. The highest BCUT2D eigenvalue weighted by molar-refractivity contribution is 4.66. The summed E-state index contributed by atoms with van der Waals surface area (Å²) >= 11 is 0. The van der Waals surface area contributed by atoms with Crippen LogP contribution in [0.4, 0.5) is 0 Å². The van der Waals surface area contributed by atoms with Crippen LogP contribution < -0.4 is 5.73 Å². The van der Waals surface area contributed by atoms with E-state index in [-0.39, 0.29) is 6.23 Å². The molecule has 9 heavy (non-hydrogen) atoms. The van der Waals surface area contributed by atoms with Crippen LogP contribution in [0, 0.1) is 0 Å². The van der Waals surface area contributed by atoms with Gasteiger partial charge in [0.2, 0.25) is 0 Å². The molecule has 0 radical (unpaired) electrons. The van der Waals surface area contributed by atoms with Gasteiger partial charge in [-0.15, -0.1) is 0 Å². The molecule has 54 valence electrons. The third-order valence-electron chi connectivity index (χ3n) is 1.60. The molecule has 0 aliphatic carbocycles. The smallest absolute Gasteiger partial charge is 0.108 e.